The van der Waals surface area contributed by atoms with Gasteiger partial charge in [-0.25, -0.2) is 0 Å². The molecule has 1 saturated heterocycles. The quantitative estimate of drug-likeness (QED) is 0.610. The van der Waals surface area contributed by atoms with E-state index in [0.29, 0.717) is 28.4 Å². The highest BCUT2D eigenvalue weighted by Crippen LogP contribution is 2.49. The van der Waals surface area contributed by atoms with E-state index in [1.807, 2.05) is 21.6 Å². The number of pyridine rings is 1. The predicted octanol–water partition coefficient (Wildman–Crippen LogP) is 4.65. The topological polar surface area (TPSA) is 57.2 Å². The predicted molar refractivity (Wildman–Crippen MR) is 110 cm³/mol. The summed E-state index contributed by atoms with van der Waals surface area (Å²) in [5.74, 6) is 1.47. The maximum atomic E-state index is 14.2. The van der Waals surface area contributed by atoms with Crippen LogP contribution in [0.4, 0.5) is 18.9 Å². The van der Waals surface area contributed by atoms with Crippen LogP contribution >= 0.6 is 0 Å². The molecule has 0 unspecified atom stereocenters. The van der Waals surface area contributed by atoms with E-state index >= 15 is 0 Å². The van der Waals surface area contributed by atoms with Gasteiger partial charge in [0.05, 0.1) is 11.1 Å². The lowest BCUT2D eigenvalue weighted by Gasteiger charge is -2.44. The Balaban J connectivity index is 1.45. The molecule has 5 rings (SSSR count). The lowest BCUT2D eigenvalue weighted by molar-refractivity contribution is -0.196. The Morgan fingerprint density at radius 1 is 1.06 bits per heavy atom. The molecule has 160 valence electrons. The second kappa shape index (κ2) is 7.26. The zero-order valence-electron chi connectivity index (χ0n) is 16.9. The normalized spacial score (nSPS) is 18.8. The highest BCUT2D eigenvalue weighted by atomic mass is 19.4. The van der Waals surface area contributed by atoms with Crippen LogP contribution in [0, 0.1) is 17.2 Å². The lowest BCUT2D eigenvalue weighted by Crippen LogP contribution is -2.51. The number of alkyl halides is 3. The van der Waals surface area contributed by atoms with Crippen LogP contribution < -0.4 is 4.90 Å². The number of rotatable bonds is 4. The van der Waals surface area contributed by atoms with Gasteiger partial charge < -0.3 is 4.90 Å². The smallest absolute Gasteiger partial charge is 0.370 e. The zero-order valence-corrected chi connectivity index (χ0v) is 16.9. The Hall–Kier alpha value is -3.08. The van der Waals surface area contributed by atoms with E-state index in [-0.39, 0.29) is 25.9 Å². The van der Waals surface area contributed by atoms with Crippen LogP contribution in [0.5, 0.6) is 0 Å². The Morgan fingerprint density at radius 3 is 2.39 bits per heavy atom. The second-order valence-electron chi connectivity index (χ2n) is 8.58. The second-order valence-corrected chi connectivity index (χ2v) is 8.58. The van der Waals surface area contributed by atoms with Gasteiger partial charge in [-0.3, -0.25) is 4.40 Å². The molecule has 1 aliphatic carbocycles. The van der Waals surface area contributed by atoms with E-state index in [2.05, 4.69) is 16.3 Å². The first kappa shape index (κ1) is 19.9. The largest absolute Gasteiger partial charge is 0.398 e. The van der Waals surface area contributed by atoms with Gasteiger partial charge in [-0.2, -0.15) is 18.4 Å². The maximum Gasteiger partial charge on any atom is 0.398 e. The number of benzene rings is 1. The molecule has 5 nitrogen and oxygen atoms in total. The third-order valence-electron chi connectivity index (χ3n) is 6.73. The van der Waals surface area contributed by atoms with Crippen LogP contribution in [0.15, 0.2) is 42.6 Å². The van der Waals surface area contributed by atoms with Gasteiger partial charge in [-0.15, -0.1) is 10.2 Å². The van der Waals surface area contributed by atoms with Crippen LogP contribution in [0.1, 0.15) is 42.6 Å². The van der Waals surface area contributed by atoms with Gasteiger partial charge in [0.1, 0.15) is 17.5 Å². The molecule has 1 saturated carbocycles. The third-order valence-corrected chi connectivity index (χ3v) is 6.73. The molecule has 8 heteroatoms. The minimum Gasteiger partial charge on any atom is -0.370 e. The maximum absolute atomic E-state index is 14.2. The van der Waals surface area contributed by atoms with Crippen LogP contribution in [0.2, 0.25) is 0 Å². The third kappa shape index (κ3) is 3.32. The first-order chi connectivity index (χ1) is 14.9. The van der Waals surface area contributed by atoms with Gasteiger partial charge in [0.15, 0.2) is 5.65 Å². The number of nitrogens with zero attached hydrogens (tertiary/aromatic N) is 5. The number of nitriles is 1. The van der Waals surface area contributed by atoms with Gasteiger partial charge in [0.2, 0.25) is 0 Å². The van der Waals surface area contributed by atoms with E-state index in [1.165, 1.54) is 12.8 Å². The van der Waals surface area contributed by atoms with Crippen molar-refractivity contribution >= 4 is 11.3 Å². The van der Waals surface area contributed by atoms with E-state index in [9.17, 15) is 18.4 Å². The van der Waals surface area contributed by atoms with Crippen LogP contribution in [0.3, 0.4) is 0 Å². The fraction of sp³-hybridized carbons (Fsp3) is 0.435. The molecule has 2 aliphatic rings. The average molecular weight is 425 g/mol. The highest BCUT2D eigenvalue weighted by Gasteiger charge is 2.56. The van der Waals surface area contributed by atoms with Crippen LogP contribution in [-0.2, 0) is 11.8 Å². The Kier molecular flexibility index (Phi) is 4.65. The van der Waals surface area contributed by atoms with E-state index in [0.717, 1.165) is 12.2 Å². The molecular formula is C23H22F3N5. The van der Waals surface area contributed by atoms with Crippen molar-refractivity contribution in [2.45, 2.75) is 43.7 Å². The van der Waals surface area contributed by atoms with Crippen molar-refractivity contribution < 1.29 is 13.2 Å². The van der Waals surface area contributed by atoms with Crippen LogP contribution in [0.25, 0.3) is 5.65 Å². The molecule has 1 aromatic carbocycles. The molecule has 0 amide bonds. The Labute approximate surface area is 178 Å². The van der Waals surface area contributed by atoms with E-state index in [4.69, 9.17) is 0 Å². The van der Waals surface area contributed by atoms with Crippen molar-refractivity contribution in [1.82, 2.24) is 14.6 Å². The summed E-state index contributed by atoms with van der Waals surface area (Å²) in [6.07, 6.45) is 0.592. The summed E-state index contributed by atoms with van der Waals surface area (Å²) in [5.41, 5.74) is -0.0827. The highest BCUT2D eigenvalue weighted by molar-refractivity contribution is 5.71. The summed E-state index contributed by atoms with van der Waals surface area (Å²) in [4.78, 5) is 1.88. The van der Waals surface area contributed by atoms with Gasteiger partial charge in [-0.1, -0.05) is 30.3 Å². The first-order valence-electron chi connectivity index (χ1n) is 10.6. The number of anilines is 1. The Morgan fingerprint density at radius 2 is 1.77 bits per heavy atom. The number of hydrogen-bond acceptors (Lipinski definition) is 4. The zero-order chi connectivity index (χ0) is 21.6. The summed E-state index contributed by atoms with van der Waals surface area (Å²) in [5, 5.41) is 18.3. The van der Waals surface area contributed by atoms with Crippen molar-refractivity contribution in [1.29, 1.82) is 5.26 Å². The van der Waals surface area contributed by atoms with Crippen molar-refractivity contribution in [3.05, 3.63) is 59.5 Å². The van der Waals surface area contributed by atoms with Crippen molar-refractivity contribution in [3.8, 4) is 6.07 Å². The summed E-state index contributed by atoms with van der Waals surface area (Å²) in [6, 6.07) is 12.2. The number of piperidine rings is 1. The van der Waals surface area contributed by atoms with E-state index < -0.39 is 11.6 Å². The number of aromatic nitrogens is 3. The summed E-state index contributed by atoms with van der Waals surface area (Å²) >= 11 is 0. The van der Waals surface area contributed by atoms with Crippen molar-refractivity contribution in [2.24, 2.45) is 5.92 Å². The fourth-order valence-electron chi connectivity index (χ4n) is 4.71. The summed E-state index contributed by atoms with van der Waals surface area (Å²) in [6.45, 7) is 0.421. The van der Waals surface area contributed by atoms with Crippen LogP contribution in [-0.4, -0.2) is 33.9 Å². The molecule has 0 bridgehead atoms. The fourth-order valence-corrected chi connectivity index (χ4v) is 4.71. The molecule has 3 aromatic rings. The number of hydrogen-bond donors (Lipinski definition) is 0. The van der Waals surface area contributed by atoms with E-state index in [1.54, 1.807) is 30.3 Å². The molecule has 2 aromatic heterocycles. The molecule has 31 heavy (non-hydrogen) atoms. The average Bonchev–Trinajstić information content (AvgIpc) is 3.51. The number of halogens is 3. The molecular weight excluding hydrogens is 403 g/mol. The molecule has 0 atom stereocenters. The SMILES string of the molecule is N#Cc1c(N2CCC(c3ccccc3)(C(F)(F)F)CC2)ccn2c(CC3CC3)nnc12. The monoisotopic (exact) mass is 425 g/mol. The molecule has 0 N–H and O–H groups in total. The lowest BCUT2D eigenvalue weighted by atomic mass is 9.72. The summed E-state index contributed by atoms with van der Waals surface area (Å²) < 4.78 is 44.4. The van der Waals surface area contributed by atoms with Crippen molar-refractivity contribution in [3.63, 3.8) is 0 Å². The van der Waals surface area contributed by atoms with Gasteiger partial charge in [-0.05, 0) is 43.2 Å². The standard InChI is InChI=1S/C23H22F3N5/c24-23(25,26)22(17-4-2-1-3-5-17)9-12-30(13-10-22)19-8-11-31-20(14-16-6-7-16)28-29-21(31)18(19)15-27/h1-5,8,11,16H,6-7,9-10,12-14H2. The molecule has 2 fully saturated rings. The van der Waals surface area contributed by atoms with Crippen molar-refractivity contribution in [2.75, 3.05) is 18.0 Å². The number of fused-ring (bicyclic) bond motifs is 1. The molecule has 3 heterocycles. The van der Waals surface area contributed by atoms with Gasteiger partial charge >= 0.3 is 6.18 Å². The molecule has 0 spiro atoms. The molecule has 1 aliphatic heterocycles. The van der Waals surface area contributed by atoms with Gasteiger partial charge in [0.25, 0.3) is 0 Å². The summed E-state index contributed by atoms with van der Waals surface area (Å²) in [7, 11) is 0. The minimum absolute atomic E-state index is 0.0593. The minimum atomic E-state index is -4.34. The Bertz CT molecular complexity index is 1130. The first-order valence-corrected chi connectivity index (χ1v) is 10.6. The van der Waals surface area contributed by atoms with Gasteiger partial charge in [0, 0.05) is 25.7 Å². The molecule has 0 radical (unpaired) electrons.